The van der Waals surface area contributed by atoms with Crippen LogP contribution in [-0.4, -0.2) is 28.3 Å². The number of carbonyl (C=O) groups is 2. The first kappa shape index (κ1) is 19.2. The summed E-state index contributed by atoms with van der Waals surface area (Å²) in [4.78, 5) is 23.9. The SMILES string of the molecule is Cc1ccc(-n2nc(C)c(NC(=O)COC(=O)/C=C/c3ccco3)c2C)cc1. The fourth-order valence-corrected chi connectivity index (χ4v) is 2.66. The molecule has 0 radical (unpaired) electrons. The minimum Gasteiger partial charge on any atom is -0.465 e. The number of benzene rings is 1. The van der Waals surface area contributed by atoms with Gasteiger partial charge in [0.1, 0.15) is 5.76 Å². The molecule has 0 aliphatic rings. The quantitative estimate of drug-likeness (QED) is 0.522. The third-order valence-corrected chi connectivity index (χ3v) is 4.11. The number of aryl methyl sites for hydroxylation is 2. The van der Waals surface area contributed by atoms with Crippen molar-refractivity contribution >= 4 is 23.6 Å². The topological polar surface area (TPSA) is 86.4 Å². The van der Waals surface area contributed by atoms with Gasteiger partial charge in [-0.1, -0.05) is 17.7 Å². The van der Waals surface area contributed by atoms with E-state index in [1.165, 1.54) is 18.4 Å². The van der Waals surface area contributed by atoms with Gasteiger partial charge in [0.25, 0.3) is 5.91 Å². The number of nitrogens with zero attached hydrogens (tertiary/aromatic N) is 2. The third kappa shape index (κ3) is 4.56. The number of rotatable bonds is 6. The zero-order chi connectivity index (χ0) is 20.1. The molecule has 1 N–H and O–H groups in total. The molecule has 3 aromatic rings. The van der Waals surface area contributed by atoms with Crippen LogP contribution in [0.5, 0.6) is 0 Å². The maximum Gasteiger partial charge on any atom is 0.331 e. The number of anilines is 1. The van der Waals surface area contributed by atoms with Gasteiger partial charge in [0.15, 0.2) is 6.61 Å². The molecule has 144 valence electrons. The molecule has 7 nitrogen and oxygen atoms in total. The van der Waals surface area contributed by atoms with Crippen LogP contribution in [0.1, 0.15) is 22.7 Å². The summed E-state index contributed by atoms with van der Waals surface area (Å²) in [6.45, 7) is 5.30. The highest BCUT2D eigenvalue weighted by Crippen LogP contribution is 2.23. The van der Waals surface area contributed by atoms with Gasteiger partial charge in [0.05, 0.1) is 29.0 Å². The number of carbonyl (C=O) groups excluding carboxylic acids is 2. The Morgan fingerprint density at radius 2 is 1.93 bits per heavy atom. The summed E-state index contributed by atoms with van der Waals surface area (Å²) >= 11 is 0. The van der Waals surface area contributed by atoms with E-state index in [1.807, 2.05) is 45.0 Å². The largest absolute Gasteiger partial charge is 0.465 e. The van der Waals surface area contributed by atoms with Crippen LogP contribution in [0.3, 0.4) is 0 Å². The van der Waals surface area contributed by atoms with Gasteiger partial charge in [0, 0.05) is 6.08 Å². The van der Waals surface area contributed by atoms with Crippen LogP contribution in [0.2, 0.25) is 0 Å². The average Bonchev–Trinajstić information content (AvgIpc) is 3.29. The van der Waals surface area contributed by atoms with Crippen molar-refractivity contribution in [3.05, 3.63) is 71.4 Å². The number of nitrogens with one attached hydrogen (secondary N) is 1. The molecule has 0 atom stereocenters. The Balaban J connectivity index is 1.61. The van der Waals surface area contributed by atoms with E-state index in [9.17, 15) is 9.59 Å². The molecular formula is C21H21N3O4. The minimum absolute atomic E-state index is 0.393. The third-order valence-electron chi connectivity index (χ3n) is 4.11. The van der Waals surface area contributed by atoms with E-state index in [0.29, 0.717) is 17.1 Å². The first-order valence-electron chi connectivity index (χ1n) is 8.75. The van der Waals surface area contributed by atoms with Crippen molar-refractivity contribution in [2.75, 3.05) is 11.9 Å². The molecule has 0 fully saturated rings. The summed E-state index contributed by atoms with van der Waals surface area (Å²) in [5, 5.41) is 7.25. The molecule has 28 heavy (non-hydrogen) atoms. The Morgan fingerprint density at radius 3 is 2.61 bits per heavy atom. The second-order valence-corrected chi connectivity index (χ2v) is 6.30. The molecule has 0 spiro atoms. The summed E-state index contributed by atoms with van der Waals surface area (Å²) in [5.41, 5.74) is 4.13. The average molecular weight is 379 g/mol. The number of esters is 1. The van der Waals surface area contributed by atoms with Crippen molar-refractivity contribution in [1.29, 1.82) is 0 Å². The van der Waals surface area contributed by atoms with E-state index in [4.69, 9.17) is 9.15 Å². The van der Waals surface area contributed by atoms with Gasteiger partial charge >= 0.3 is 5.97 Å². The number of hydrogen-bond donors (Lipinski definition) is 1. The van der Waals surface area contributed by atoms with E-state index >= 15 is 0 Å². The Labute approximate surface area is 162 Å². The van der Waals surface area contributed by atoms with E-state index in [0.717, 1.165) is 16.9 Å². The second-order valence-electron chi connectivity index (χ2n) is 6.30. The monoisotopic (exact) mass is 379 g/mol. The molecule has 3 rings (SSSR count). The Bertz CT molecular complexity index is 999. The van der Waals surface area contributed by atoms with E-state index < -0.39 is 18.5 Å². The van der Waals surface area contributed by atoms with Gasteiger partial charge in [-0.25, -0.2) is 9.48 Å². The van der Waals surface area contributed by atoms with Crippen molar-refractivity contribution < 1.29 is 18.7 Å². The normalized spacial score (nSPS) is 11.0. The standard InChI is InChI=1S/C21H21N3O4/c1-14-6-8-17(9-7-14)24-16(3)21(15(2)23-24)22-19(25)13-28-20(26)11-10-18-5-4-12-27-18/h4-12H,13H2,1-3H3,(H,22,25)/b11-10+. The first-order valence-corrected chi connectivity index (χ1v) is 8.75. The molecule has 2 heterocycles. The van der Waals surface area contributed by atoms with Gasteiger partial charge in [-0.15, -0.1) is 0 Å². The highest BCUT2D eigenvalue weighted by atomic mass is 16.5. The zero-order valence-electron chi connectivity index (χ0n) is 15.9. The fourth-order valence-electron chi connectivity index (χ4n) is 2.66. The van der Waals surface area contributed by atoms with E-state index in [-0.39, 0.29) is 0 Å². The lowest BCUT2D eigenvalue weighted by molar-refractivity contribution is -0.142. The smallest absolute Gasteiger partial charge is 0.331 e. The lowest BCUT2D eigenvalue weighted by atomic mass is 10.2. The van der Waals surface area contributed by atoms with Crippen LogP contribution in [-0.2, 0) is 14.3 Å². The number of aromatic nitrogens is 2. The van der Waals surface area contributed by atoms with Gasteiger partial charge in [-0.2, -0.15) is 5.10 Å². The predicted molar refractivity (Wildman–Crippen MR) is 105 cm³/mol. The Morgan fingerprint density at radius 1 is 1.18 bits per heavy atom. The van der Waals surface area contributed by atoms with Crippen LogP contribution in [0, 0.1) is 20.8 Å². The van der Waals surface area contributed by atoms with Crippen molar-refractivity contribution in [2.24, 2.45) is 0 Å². The van der Waals surface area contributed by atoms with Crippen molar-refractivity contribution in [3.63, 3.8) is 0 Å². The van der Waals surface area contributed by atoms with Crippen molar-refractivity contribution in [2.45, 2.75) is 20.8 Å². The molecule has 0 aliphatic heterocycles. The van der Waals surface area contributed by atoms with E-state index in [1.54, 1.807) is 16.8 Å². The molecule has 0 saturated carbocycles. The maximum absolute atomic E-state index is 12.2. The molecule has 0 saturated heterocycles. The van der Waals surface area contributed by atoms with Crippen LogP contribution < -0.4 is 5.32 Å². The zero-order valence-corrected chi connectivity index (χ0v) is 15.9. The van der Waals surface area contributed by atoms with Crippen LogP contribution in [0.4, 0.5) is 5.69 Å². The second kappa shape index (κ2) is 8.39. The Hall–Kier alpha value is -3.61. The summed E-state index contributed by atoms with van der Waals surface area (Å²) in [6.07, 6.45) is 4.18. The van der Waals surface area contributed by atoms with Crippen LogP contribution in [0.15, 0.2) is 53.2 Å². The summed E-state index contributed by atoms with van der Waals surface area (Å²) in [6, 6.07) is 11.3. The number of hydrogen-bond acceptors (Lipinski definition) is 5. The fraction of sp³-hybridized carbons (Fsp3) is 0.190. The van der Waals surface area contributed by atoms with Crippen molar-refractivity contribution in [3.8, 4) is 5.69 Å². The van der Waals surface area contributed by atoms with Crippen LogP contribution in [0.25, 0.3) is 11.8 Å². The van der Waals surface area contributed by atoms with Crippen molar-refractivity contribution in [1.82, 2.24) is 9.78 Å². The van der Waals surface area contributed by atoms with Crippen LogP contribution >= 0.6 is 0 Å². The summed E-state index contributed by atoms with van der Waals surface area (Å²) in [7, 11) is 0. The number of ether oxygens (including phenoxy) is 1. The van der Waals surface area contributed by atoms with Gasteiger partial charge in [-0.3, -0.25) is 4.79 Å². The highest BCUT2D eigenvalue weighted by Gasteiger charge is 2.16. The maximum atomic E-state index is 12.2. The molecule has 0 bridgehead atoms. The molecular weight excluding hydrogens is 358 g/mol. The van der Waals surface area contributed by atoms with Gasteiger partial charge in [0.2, 0.25) is 0 Å². The summed E-state index contributed by atoms with van der Waals surface area (Å²) < 4.78 is 11.8. The van der Waals surface area contributed by atoms with Gasteiger partial charge in [-0.05, 0) is 51.1 Å². The molecule has 1 aromatic carbocycles. The lowest BCUT2D eigenvalue weighted by Crippen LogP contribution is -2.20. The Kier molecular flexibility index (Phi) is 5.74. The molecule has 0 aliphatic carbocycles. The lowest BCUT2D eigenvalue weighted by Gasteiger charge is -2.07. The minimum atomic E-state index is -0.629. The molecule has 0 unspecified atom stereocenters. The van der Waals surface area contributed by atoms with Gasteiger partial charge < -0.3 is 14.5 Å². The molecule has 7 heteroatoms. The number of amides is 1. The molecule has 2 aromatic heterocycles. The highest BCUT2D eigenvalue weighted by molar-refractivity contribution is 5.95. The molecule has 1 amide bonds. The predicted octanol–water partition coefficient (Wildman–Crippen LogP) is 3.59. The summed E-state index contributed by atoms with van der Waals surface area (Å²) in [5.74, 6) is -0.541. The first-order chi connectivity index (χ1) is 13.4. The number of furan rings is 1. The van der Waals surface area contributed by atoms with E-state index in [2.05, 4.69) is 10.4 Å².